The zero-order chi connectivity index (χ0) is 15.1. The van der Waals surface area contributed by atoms with Gasteiger partial charge in [0, 0.05) is 23.5 Å². The third-order valence-corrected chi connectivity index (χ3v) is 6.96. The van der Waals surface area contributed by atoms with Crippen LogP contribution in [0.25, 0.3) is 9.88 Å². The lowest BCUT2D eigenvalue weighted by atomic mass is 10.00. The van der Waals surface area contributed by atoms with Crippen LogP contribution in [0.2, 0.25) is 0 Å². The van der Waals surface area contributed by atoms with Crippen LogP contribution in [0.15, 0.2) is 21.3 Å². The van der Waals surface area contributed by atoms with E-state index in [0.717, 1.165) is 26.5 Å². The van der Waals surface area contributed by atoms with Crippen LogP contribution in [0.1, 0.15) is 36.2 Å². The van der Waals surface area contributed by atoms with Crippen molar-refractivity contribution in [3.63, 3.8) is 0 Å². The first-order valence-electron chi connectivity index (χ1n) is 7.45. The van der Waals surface area contributed by atoms with Gasteiger partial charge in [0.25, 0.3) is 5.91 Å². The fourth-order valence-electron chi connectivity index (χ4n) is 3.35. The van der Waals surface area contributed by atoms with E-state index in [2.05, 4.69) is 31.5 Å². The van der Waals surface area contributed by atoms with E-state index in [1.165, 1.54) is 24.2 Å². The van der Waals surface area contributed by atoms with Gasteiger partial charge in [-0.3, -0.25) is 4.79 Å². The van der Waals surface area contributed by atoms with Crippen LogP contribution in [-0.2, 0) is 0 Å². The highest BCUT2D eigenvalue weighted by Gasteiger charge is 2.34. The summed E-state index contributed by atoms with van der Waals surface area (Å²) in [6, 6.07) is 5.48. The highest BCUT2D eigenvalue weighted by Crippen LogP contribution is 2.33. The minimum absolute atomic E-state index is 0. The second kappa shape index (κ2) is 7.19. The van der Waals surface area contributed by atoms with Crippen molar-refractivity contribution in [2.45, 2.75) is 43.8 Å². The summed E-state index contributed by atoms with van der Waals surface area (Å²) in [5.41, 5.74) is 0.537. The van der Waals surface area contributed by atoms with Crippen LogP contribution in [0.4, 0.5) is 0 Å². The van der Waals surface area contributed by atoms with E-state index >= 15 is 0 Å². The van der Waals surface area contributed by atoms with Crippen molar-refractivity contribution < 1.29 is 4.79 Å². The smallest absolute Gasteiger partial charge is 0.270 e. The van der Waals surface area contributed by atoms with Gasteiger partial charge in [-0.1, -0.05) is 0 Å². The molecule has 2 N–H and O–H groups in total. The topological polar surface area (TPSA) is 54.0 Å². The number of nitrogens with one attached hydrogen (secondary N) is 2. The van der Waals surface area contributed by atoms with E-state index in [4.69, 9.17) is 0 Å². The number of amides is 1. The van der Waals surface area contributed by atoms with E-state index < -0.39 is 0 Å². The second-order valence-electron chi connectivity index (χ2n) is 5.92. The minimum atomic E-state index is -0.0376. The summed E-state index contributed by atoms with van der Waals surface area (Å²) in [5, 5.41) is 9.52. The van der Waals surface area contributed by atoms with E-state index in [1.54, 1.807) is 11.3 Å². The van der Waals surface area contributed by atoms with Gasteiger partial charge in [0.15, 0.2) is 0 Å². The number of piperidine rings is 1. The summed E-state index contributed by atoms with van der Waals surface area (Å²) in [6.45, 7) is 0. The maximum Gasteiger partial charge on any atom is 0.270 e. The van der Waals surface area contributed by atoms with Crippen LogP contribution >= 0.6 is 51.0 Å². The average Bonchev–Trinajstić information content (AvgIpc) is 3.19. The lowest BCUT2D eigenvalue weighted by Gasteiger charge is -2.29. The lowest BCUT2D eigenvalue weighted by Crippen LogP contribution is -2.48. The predicted octanol–water partition coefficient (Wildman–Crippen LogP) is 4.07. The monoisotopic (exact) mass is 433 g/mol. The molecule has 2 aliphatic rings. The van der Waals surface area contributed by atoms with E-state index in [-0.39, 0.29) is 24.4 Å². The van der Waals surface area contributed by atoms with Crippen LogP contribution < -0.4 is 10.6 Å². The Bertz CT molecular complexity index is 692. The second-order valence-corrected chi connectivity index (χ2v) is 9.24. The molecule has 4 heterocycles. The molecule has 2 aromatic heterocycles. The molecule has 2 aliphatic heterocycles. The van der Waals surface area contributed by atoms with E-state index in [0.29, 0.717) is 17.8 Å². The van der Waals surface area contributed by atoms with Crippen molar-refractivity contribution in [2.75, 3.05) is 0 Å². The predicted molar refractivity (Wildman–Crippen MR) is 101 cm³/mol. The van der Waals surface area contributed by atoms with Crippen LogP contribution in [0.5, 0.6) is 0 Å². The van der Waals surface area contributed by atoms with Crippen molar-refractivity contribution in [1.29, 1.82) is 0 Å². The SMILES string of the molecule is Cl.O=C(NC1CC2CCC(C1)N2)c1csc(-c2ccc(Br)s2)n1. The summed E-state index contributed by atoms with van der Waals surface area (Å²) in [6.07, 6.45) is 4.56. The number of thiophene rings is 1. The van der Waals surface area contributed by atoms with Gasteiger partial charge in [-0.2, -0.15) is 0 Å². The zero-order valence-electron chi connectivity index (χ0n) is 12.3. The Hall–Kier alpha value is -0.470. The quantitative estimate of drug-likeness (QED) is 0.765. The fraction of sp³-hybridized carbons (Fsp3) is 0.467. The Labute approximate surface area is 157 Å². The summed E-state index contributed by atoms with van der Waals surface area (Å²) in [4.78, 5) is 18.0. The van der Waals surface area contributed by atoms with Crippen LogP contribution in [-0.4, -0.2) is 29.0 Å². The van der Waals surface area contributed by atoms with E-state index in [1.807, 2.05) is 17.5 Å². The highest BCUT2D eigenvalue weighted by molar-refractivity contribution is 9.11. The molecule has 2 atom stereocenters. The van der Waals surface area contributed by atoms with Gasteiger partial charge < -0.3 is 10.6 Å². The number of nitrogens with zero attached hydrogens (tertiary/aromatic N) is 1. The molecule has 4 rings (SSSR count). The third kappa shape index (κ3) is 3.79. The van der Waals surface area contributed by atoms with Gasteiger partial charge in [-0.15, -0.1) is 35.1 Å². The van der Waals surface area contributed by atoms with Crippen molar-refractivity contribution in [1.82, 2.24) is 15.6 Å². The largest absolute Gasteiger partial charge is 0.348 e. The molecule has 8 heteroatoms. The maximum absolute atomic E-state index is 12.4. The van der Waals surface area contributed by atoms with Crippen molar-refractivity contribution >= 4 is 56.9 Å². The number of carbonyl (C=O) groups excluding carboxylic acids is 1. The van der Waals surface area contributed by atoms with Gasteiger partial charge in [0.2, 0.25) is 0 Å². The molecule has 124 valence electrons. The number of carbonyl (C=O) groups is 1. The van der Waals surface area contributed by atoms with Crippen molar-refractivity contribution in [2.24, 2.45) is 0 Å². The maximum atomic E-state index is 12.4. The Morgan fingerprint density at radius 1 is 1.30 bits per heavy atom. The van der Waals surface area contributed by atoms with Gasteiger partial charge in [0.1, 0.15) is 10.7 Å². The third-order valence-electron chi connectivity index (χ3n) is 4.33. The number of rotatable bonds is 3. The van der Waals surface area contributed by atoms with Crippen molar-refractivity contribution in [3.05, 3.63) is 27.0 Å². The Balaban J connectivity index is 0.00000156. The molecule has 2 fully saturated rings. The number of fused-ring (bicyclic) bond motifs is 2. The molecule has 2 unspecified atom stereocenters. The summed E-state index contributed by atoms with van der Waals surface area (Å²) in [7, 11) is 0. The first kappa shape index (κ1) is 17.4. The molecule has 0 saturated carbocycles. The van der Waals surface area contributed by atoms with Gasteiger partial charge in [0.05, 0.1) is 8.66 Å². The molecule has 1 amide bonds. The highest BCUT2D eigenvalue weighted by atomic mass is 79.9. The standard InChI is InChI=1S/C15H16BrN3OS2.ClH/c16-13-4-3-12(22-13)15-19-11(7-21-15)14(20)18-10-5-8-1-2-9(6-10)17-8;/h3-4,7-10,17H,1-2,5-6H2,(H,18,20);1H. The van der Waals surface area contributed by atoms with Gasteiger partial charge >= 0.3 is 0 Å². The Morgan fingerprint density at radius 2 is 2.04 bits per heavy atom. The lowest BCUT2D eigenvalue weighted by molar-refractivity contribution is 0.0919. The first-order valence-corrected chi connectivity index (χ1v) is 9.94. The van der Waals surface area contributed by atoms with Crippen LogP contribution in [0.3, 0.4) is 0 Å². The molecule has 0 aromatic carbocycles. The number of hydrogen-bond acceptors (Lipinski definition) is 5. The van der Waals surface area contributed by atoms with Crippen molar-refractivity contribution in [3.8, 4) is 9.88 Å². The van der Waals surface area contributed by atoms with Crippen LogP contribution in [0, 0.1) is 0 Å². The number of thiazole rings is 1. The molecule has 2 aromatic rings. The number of hydrogen-bond donors (Lipinski definition) is 2. The molecular formula is C15H17BrClN3OS2. The summed E-state index contributed by atoms with van der Waals surface area (Å²) in [5.74, 6) is -0.0376. The normalized spacial score (nSPS) is 25.9. The molecule has 2 saturated heterocycles. The number of halogens is 2. The summed E-state index contributed by atoms with van der Waals surface area (Å²) < 4.78 is 1.08. The Morgan fingerprint density at radius 3 is 2.70 bits per heavy atom. The average molecular weight is 435 g/mol. The number of aromatic nitrogens is 1. The first-order chi connectivity index (χ1) is 10.7. The molecule has 0 aliphatic carbocycles. The minimum Gasteiger partial charge on any atom is -0.348 e. The molecule has 23 heavy (non-hydrogen) atoms. The molecule has 4 nitrogen and oxygen atoms in total. The summed E-state index contributed by atoms with van der Waals surface area (Å²) >= 11 is 6.62. The van der Waals surface area contributed by atoms with Gasteiger partial charge in [-0.05, 0) is 53.7 Å². The van der Waals surface area contributed by atoms with Gasteiger partial charge in [-0.25, -0.2) is 4.98 Å². The Kier molecular flexibility index (Phi) is 5.42. The molecule has 0 radical (unpaired) electrons. The molecule has 2 bridgehead atoms. The van der Waals surface area contributed by atoms with E-state index in [9.17, 15) is 4.79 Å². The zero-order valence-corrected chi connectivity index (χ0v) is 16.3. The molecular weight excluding hydrogens is 418 g/mol. The molecule has 0 spiro atoms. The fourth-order valence-corrected chi connectivity index (χ4v) is 5.61.